The van der Waals surface area contributed by atoms with Gasteiger partial charge < -0.3 is 5.73 Å². The molecule has 0 radical (unpaired) electrons. The highest BCUT2D eigenvalue weighted by molar-refractivity contribution is 6.30. The number of aromatic amines is 1. The summed E-state index contributed by atoms with van der Waals surface area (Å²) in [5, 5.41) is 7.91. The summed E-state index contributed by atoms with van der Waals surface area (Å²) < 4.78 is 0. The van der Waals surface area contributed by atoms with Gasteiger partial charge in [-0.15, -0.1) is 0 Å². The van der Waals surface area contributed by atoms with Crippen molar-refractivity contribution < 1.29 is 0 Å². The van der Waals surface area contributed by atoms with Crippen LogP contribution in [-0.4, -0.2) is 10.2 Å². The molecule has 1 heterocycles. The van der Waals surface area contributed by atoms with E-state index < -0.39 is 5.54 Å². The van der Waals surface area contributed by atoms with Crippen LogP contribution in [-0.2, 0) is 5.54 Å². The van der Waals surface area contributed by atoms with Crippen LogP contribution in [0.15, 0.2) is 30.3 Å². The van der Waals surface area contributed by atoms with Gasteiger partial charge in [0.1, 0.15) is 0 Å². The molecule has 3 N–H and O–H groups in total. The summed E-state index contributed by atoms with van der Waals surface area (Å²) in [4.78, 5) is 0. The van der Waals surface area contributed by atoms with Gasteiger partial charge in [-0.25, -0.2) is 0 Å². The lowest BCUT2D eigenvalue weighted by Crippen LogP contribution is -2.28. The second kappa shape index (κ2) is 3.92. The number of benzene rings is 1. The van der Waals surface area contributed by atoms with Crippen LogP contribution in [0.5, 0.6) is 0 Å². The summed E-state index contributed by atoms with van der Waals surface area (Å²) in [6.07, 6.45) is 0. The Hall–Kier alpha value is -1.32. The highest BCUT2D eigenvalue weighted by Gasteiger charge is 2.17. The molecule has 0 aliphatic rings. The third-order valence-electron chi connectivity index (χ3n) is 2.41. The monoisotopic (exact) mass is 235 g/mol. The fourth-order valence-electron chi connectivity index (χ4n) is 1.42. The van der Waals surface area contributed by atoms with Crippen molar-refractivity contribution >= 4 is 11.6 Å². The van der Waals surface area contributed by atoms with E-state index in [0.29, 0.717) is 0 Å². The summed E-state index contributed by atoms with van der Waals surface area (Å²) in [6, 6.07) is 9.53. The van der Waals surface area contributed by atoms with E-state index in [1.807, 2.05) is 44.2 Å². The van der Waals surface area contributed by atoms with Crippen molar-refractivity contribution in [1.29, 1.82) is 0 Å². The number of halogens is 1. The Labute approximate surface area is 99.6 Å². The first-order chi connectivity index (χ1) is 7.47. The molecule has 0 aliphatic carbocycles. The van der Waals surface area contributed by atoms with Crippen LogP contribution < -0.4 is 5.73 Å². The number of H-pyrrole nitrogens is 1. The van der Waals surface area contributed by atoms with Gasteiger partial charge in [-0.2, -0.15) is 5.10 Å². The molecule has 0 spiro atoms. The largest absolute Gasteiger partial charge is 0.321 e. The minimum absolute atomic E-state index is 0.405. The molecule has 2 rings (SSSR count). The average molecular weight is 236 g/mol. The molecule has 1 aromatic heterocycles. The molecule has 4 heteroatoms. The Morgan fingerprint density at radius 3 is 2.38 bits per heavy atom. The number of hydrogen-bond acceptors (Lipinski definition) is 2. The molecule has 0 amide bonds. The van der Waals surface area contributed by atoms with Gasteiger partial charge in [0.2, 0.25) is 0 Å². The SMILES string of the molecule is CC(C)(N)c1cc(-c2ccc(Cl)cc2)n[nH]1. The fourth-order valence-corrected chi connectivity index (χ4v) is 1.55. The summed E-state index contributed by atoms with van der Waals surface area (Å²) in [6.45, 7) is 3.87. The number of nitrogens with two attached hydrogens (primary N) is 1. The van der Waals surface area contributed by atoms with Gasteiger partial charge in [0.05, 0.1) is 16.9 Å². The third kappa shape index (κ3) is 2.26. The van der Waals surface area contributed by atoms with E-state index in [0.717, 1.165) is 22.0 Å². The number of hydrogen-bond donors (Lipinski definition) is 2. The standard InChI is InChI=1S/C12H14ClN3/c1-12(2,14)11-7-10(15-16-11)8-3-5-9(13)6-4-8/h3-7H,14H2,1-2H3,(H,15,16). The van der Waals surface area contributed by atoms with Gasteiger partial charge in [-0.1, -0.05) is 23.7 Å². The van der Waals surface area contributed by atoms with E-state index in [2.05, 4.69) is 10.2 Å². The highest BCUT2D eigenvalue weighted by Crippen LogP contribution is 2.23. The smallest absolute Gasteiger partial charge is 0.0924 e. The number of rotatable bonds is 2. The van der Waals surface area contributed by atoms with Crippen LogP contribution in [0.4, 0.5) is 0 Å². The maximum atomic E-state index is 5.98. The van der Waals surface area contributed by atoms with Gasteiger partial charge in [0, 0.05) is 10.6 Å². The lowest BCUT2D eigenvalue weighted by molar-refractivity contribution is 0.533. The second-order valence-electron chi connectivity index (χ2n) is 4.40. The number of aromatic nitrogens is 2. The Balaban J connectivity index is 2.35. The average Bonchev–Trinajstić information content (AvgIpc) is 2.67. The first-order valence-electron chi connectivity index (χ1n) is 5.07. The fraction of sp³-hybridized carbons (Fsp3) is 0.250. The van der Waals surface area contributed by atoms with E-state index >= 15 is 0 Å². The van der Waals surface area contributed by atoms with Crippen LogP contribution in [0, 0.1) is 0 Å². The zero-order valence-electron chi connectivity index (χ0n) is 9.29. The molecule has 0 bridgehead atoms. The van der Waals surface area contributed by atoms with Crippen molar-refractivity contribution in [3.8, 4) is 11.3 Å². The molecule has 0 saturated carbocycles. The molecule has 0 saturated heterocycles. The minimum Gasteiger partial charge on any atom is -0.321 e. The molecule has 0 aliphatic heterocycles. The maximum absolute atomic E-state index is 5.98. The van der Waals surface area contributed by atoms with E-state index in [1.54, 1.807) is 0 Å². The van der Waals surface area contributed by atoms with Crippen LogP contribution in [0.25, 0.3) is 11.3 Å². The lowest BCUT2D eigenvalue weighted by atomic mass is 10.0. The van der Waals surface area contributed by atoms with Gasteiger partial charge in [-0.3, -0.25) is 5.10 Å². The minimum atomic E-state index is -0.405. The molecule has 0 unspecified atom stereocenters. The van der Waals surface area contributed by atoms with Crippen molar-refractivity contribution in [3.63, 3.8) is 0 Å². The lowest BCUT2D eigenvalue weighted by Gasteiger charge is -2.14. The van der Waals surface area contributed by atoms with Gasteiger partial charge in [0.15, 0.2) is 0 Å². The molecule has 3 nitrogen and oxygen atoms in total. The van der Waals surface area contributed by atoms with Crippen LogP contribution in [0.1, 0.15) is 19.5 Å². The molecule has 16 heavy (non-hydrogen) atoms. The van der Waals surface area contributed by atoms with Crippen LogP contribution in [0.3, 0.4) is 0 Å². The Bertz CT molecular complexity index is 480. The van der Waals surface area contributed by atoms with Crippen molar-refractivity contribution in [3.05, 3.63) is 41.0 Å². The summed E-state index contributed by atoms with van der Waals surface area (Å²) in [5.74, 6) is 0. The number of nitrogens with one attached hydrogen (secondary N) is 1. The van der Waals surface area contributed by atoms with Crippen molar-refractivity contribution in [1.82, 2.24) is 10.2 Å². The molecular weight excluding hydrogens is 222 g/mol. The predicted octanol–water partition coefficient (Wildman–Crippen LogP) is 2.92. The Morgan fingerprint density at radius 1 is 1.25 bits per heavy atom. The second-order valence-corrected chi connectivity index (χ2v) is 4.83. The molecule has 84 valence electrons. The van der Waals surface area contributed by atoms with E-state index in [4.69, 9.17) is 17.3 Å². The summed E-state index contributed by atoms with van der Waals surface area (Å²) in [7, 11) is 0. The van der Waals surface area contributed by atoms with Crippen LogP contribution in [0.2, 0.25) is 5.02 Å². The van der Waals surface area contributed by atoms with Crippen LogP contribution >= 0.6 is 11.6 Å². The predicted molar refractivity (Wildman–Crippen MR) is 66.2 cm³/mol. The van der Waals surface area contributed by atoms with Gasteiger partial charge in [0.25, 0.3) is 0 Å². The zero-order valence-corrected chi connectivity index (χ0v) is 10.0. The normalized spacial score (nSPS) is 11.8. The molecule has 1 aromatic carbocycles. The summed E-state index contributed by atoms with van der Waals surface area (Å²) in [5.41, 5.74) is 8.39. The third-order valence-corrected chi connectivity index (χ3v) is 2.66. The summed E-state index contributed by atoms with van der Waals surface area (Å²) >= 11 is 5.83. The van der Waals surface area contributed by atoms with E-state index in [9.17, 15) is 0 Å². The molecule has 2 aromatic rings. The highest BCUT2D eigenvalue weighted by atomic mass is 35.5. The van der Waals surface area contributed by atoms with E-state index in [-0.39, 0.29) is 0 Å². The molecular formula is C12H14ClN3. The Kier molecular flexibility index (Phi) is 2.74. The van der Waals surface area contributed by atoms with Crippen molar-refractivity contribution in [2.24, 2.45) is 5.73 Å². The van der Waals surface area contributed by atoms with E-state index in [1.165, 1.54) is 0 Å². The van der Waals surface area contributed by atoms with Gasteiger partial charge in [-0.05, 0) is 32.0 Å². The topological polar surface area (TPSA) is 54.7 Å². The first kappa shape index (κ1) is 11.2. The molecule has 0 fully saturated rings. The maximum Gasteiger partial charge on any atom is 0.0924 e. The van der Waals surface area contributed by atoms with Crippen molar-refractivity contribution in [2.45, 2.75) is 19.4 Å². The quantitative estimate of drug-likeness (QED) is 0.841. The molecule has 0 atom stereocenters. The van der Waals surface area contributed by atoms with Crippen molar-refractivity contribution in [2.75, 3.05) is 0 Å². The first-order valence-corrected chi connectivity index (χ1v) is 5.45. The number of nitrogens with zero attached hydrogens (tertiary/aromatic N) is 1. The van der Waals surface area contributed by atoms with Gasteiger partial charge >= 0.3 is 0 Å². The Morgan fingerprint density at radius 2 is 1.88 bits per heavy atom. The zero-order chi connectivity index (χ0) is 11.8.